The van der Waals surface area contributed by atoms with Gasteiger partial charge in [0.15, 0.2) is 5.82 Å². The summed E-state index contributed by atoms with van der Waals surface area (Å²) in [5.41, 5.74) is 2.33. The second-order valence-electron chi connectivity index (χ2n) is 5.93. The first kappa shape index (κ1) is 14.3. The number of ether oxygens (including phenoxy) is 1. The smallest absolute Gasteiger partial charge is 0.163 e. The minimum absolute atomic E-state index is 0.0154. The lowest BCUT2D eigenvalue weighted by atomic mass is 10.1. The van der Waals surface area contributed by atoms with E-state index in [4.69, 9.17) is 4.74 Å². The summed E-state index contributed by atoms with van der Waals surface area (Å²) in [5.74, 6) is 0.886. The Morgan fingerprint density at radius 2 is 2.26 bits per heavy atom. The number of nitrogens with zero attached hydrogens (tertiary/aromatic N) is 5. The molecule has 23 heavy (non-hydrogen) atoms. The maximum atomic E-state index is 5.87. The van der Waals surface area contributed by atoms with E-state index in [0.29, 0.717) is 6.61 Å². The van der Waals surface area contributed by atoms with Crippen LogP contribution in [0.3, 0.4) is 0 Å². The molecule has 0 aliphatic carbocycles. The van der Waals surface area contributed by atoms with Crippen molar-refractivity contribution in [1.82, 2.24) is 24.6 Å². The summed E-state index contributed by atoms with van der Waals surface area (Å²) in [6, 6.07) is 10.5. The molecule has 1 aliphatic rings. The molecule has 0 N–H and O–H groups in total. The number of hydrogen-bond acceptors (Lipinski definition) is 5. The summed E-state index contributed by atoms with van der Waals surface area (Å²) >= 11 is 0. The second-order valence-corrected chi connectivity index (χ2v) is 5.93. The van der Waals surface area contributed by atoms with Crippen LogP contribution in [0.4, 0.5) is 0 Å². The molecule has 0 radical (unpaired) electrons. The number of rotatable bonds is 3. The molecule has 118 valence electrons. The van der Waals surface area contributed by atoms with Gasteiger partial charge in [-0.15, -0.1) is 10.2 Å². The Kier molecular flexibility index (Phi) is 3.77. The molecule has 0 saturated carbocycles. The minimum Gasteiger partial charge on any atom is -0.368 e. The summed E-state index contributed by atoms with van der Waals surface area (Å²) in [5, 5.41) is 9.31. The third kappa shape index (κ3) is 2.95. The summed E-state index contributed by atoms with van der Waals surface area (Å²) in [7, 11) is 1.95. The van der Waals surface area contributed by atoms with Crippen molar-refractivity contribution in [1.29, 1.82) is 0 Å². The number of morpholine rings is 1. The number of aromatic nitrogens is 4. The normalized spacial score (nSPS) is 19.3. The van der Waals surface area contributed by atoms with Crippen LogP contribution >= 0.6 is 0 Å². The highest BCUT2D eigenvalue weighted by Crippen LogP contribution is 2.22. The Hall–Kier alpha value is -2.31. The van der Waals surface area contributed by atoms with E-state index in [0.717, 1.165) is 31.0 Å². The molecule has 1 aliphatic heterocycles. The Bertz CT molecular complexity index is 815. The third-order valence-electron chi connectivity index (χ3n) is 4.26. The first-order valence-electron chi connectivity index (χ1n) is 7.81. The van der Waals surface area contributed by atoms with Crippen LogP contribution in [-0.2, 0) is 18.3 Å². The van der Waals surface area contributed by atoms with Crippen molar-refractivity contribution in [3.8, 4) is 0 Å². The summed E-state index contributed by atoms with van der Waals surface area (Å²) in [4.78, 5) is 6.78. The van der Waals surface area contributed by atoms with E-state index in [1.165, 1.54) is 10.9 Å². The van der Waals surface area contributed by atoms with Crippen molar-refractivity contribution in [2.45, 2.75) is 12.6 Å². The number of benzene rings is 1. The molecular formula is C17H19N5O. The Morgan fingerprint density at radius 1 is 1.30 bits per heavy atom. The van der Waals surface area contributed by atoms with E-state index in [1.54, 1.807) is 6.33 Å². The maximum Gasteiger partial charge on any atom is 0.163 e. The van der Waals surface area contributed by atoms with E-state index in [9.17, 15) is 0 Å². The van der Waals surface area contributed by atoms with Gasteiger partial charge < -0.3 is 9.30 Å². The molecule has 1 atom stereocenters. The lowest BCUT2D eigenvalue weighted by Gasteiger charge is -2.32. The van der Waals surface area contributed by atoms with Crippen molar-refractivity contribution in [2.24, 2.45) is 7.05 Å². The van der Waals surface area contributed by atoms with Gasteiger partial charge >= 0.3 is 0 Å². The summed E-state index contributed by atoms with van der Waals surface area (Å²) in [6.45, 7) is 3.38. The molecule has 1 unspecified atom stereocenters. The average Bonchev–Trinajstić information content (AvgIpc) is 3.01. The summed E-state index contributed by atoms with van der Waals surface area (Å²) in [6.07, 6.45) is 3.53. The van der Waals surface area contributed by atoms with Crippen molar-refractivity contribution < 1.29 is 4.74 Å². The van der Waals surface area contributed by atoms with Crippen molar-refractivity contribution in [2.75, 3.05) is 19.7 Å². The number of pyridine rings is 1. The highest BCUT2D eigenvalue weighted by molar-refractivity contribution is 5.78. The van der Waals surface area contributed by atoms with Crippen molar-refractivity contribution >= 4 is 10.9 Å². The topological polar surface area (TPSA) is 56.1 Å². The van der Waals surface area contributed by atoms with Crippen LogP contribution in [0.25, 0.3) is 10.9 Å². The first-order valence-corrected chi connectivity index (χ1v) is 7.81. The number of fused-ring (bicyclic) bond motifs is 1. The molecule has 0 spiro atoms. The highest BCUT2D eigenvalue weighted by atomic mass is 16.5. The van der Waals surface area contributed by atoms with Crippen LogP contribution in [0.2, 0.25) is 0 Å². The Balaban J connectivity index is 1.50. The van der Waals surface area contributed by atoms with Gasteiger partial charge in [-0.1, -0.05) is 12.1 Å². The van der Waals surface area contributed by atoms with E-state index in [-0.39, 0.29) is 6.10 Å². The van der Waals surface area contributed by atoms with Crippen LogP contribution in [0.1, 0.15) is 17.5 Å². The van der Waals surface area contributed by atoms with Crippen LogP contribution < -0.4 is 0 Å². The molecular weight excluding hydrogens is 290 g/mol. The first-order chi connectivity index (χ1) is 11.3. The predicted octanol–water partition coefficient (Wildman–Crippen LogP) is 1.94. The lowest BCUT2D eigenvalue weighted by Crippen LogP contribution is -2.38. The predicted molar refractivity (Wildman–Crippen MR) is 86.7 cm³/mol. The Morgan fingerprint density at radius 3 is 3.13 bits per heavy atom. The average molecular weight is 309 g/mol. The van der Waals surface area contributed by atoms with Gasteiger partial charge in [0.2, 0.25) is 0 Å². The van der Waals surface area contributed by atoms with Gasteiger partial charge in [0.25, 0.3) is 0 Å². The fraction of sp³-hybridized carbons (Fsp3) is 0.353. The second kappa shape index (κ2) is 6.06. The van der Waals surface area contributed by atoms with Crippen LogP contribution in [0.15, 0.2) is 42.9 Å². The lowest BCUT2D eigenvalue weighted by molar-refractivity contribution is -0.0385. The van der Waals surface area contributed by atoms with Gasteiger partial charge in [-0.25, -0.2) is 0 Å². The molecule has 6 nitrogen and oxygen atoms in total. The van der Waals surface area contributed by atoms with Gasteiger partial charge in [-0.3, -0.25) is 9.88 Å². The molecule has 0 amide bonds. The largest absolute Gasteiger partial charge is 0.368 e. The number of aryl methyl sites for hydroxylation is 1. The molecule has 0 bridgehead atoms. The van der Waals surface area contributed by atoms with Crippen LogP contribution in [0, 0.1) is 0 Å². The molecule has 1 aromatic carbocycles. The monoisotopic (exact) mass is 309 g/mol. The van der Waals surface area contributed by atoms with Gasteiger partial charge in [0.05, 0.1) is 12.1 Å². The van der Waals surface area contributed by atoms with Gasteiger partial charge in [0, 0.05) is 38.3 Å². The van der Waals surface area contributed by atoms with E-state index in [2.05, 4.69) is 44.3 Å². The molecule has 6 heteroatoms. The van der Waals surface area contributed by atoms with Crippen molar-refractivity contribution in [3.63, 3.8) is 0 Å². The zero-order chi connectivity index (χ0) is 15.6. The molecule has 3 heterocycles. The third-order valence-corrected chi connectivity index (χ3v) is 4.26. The van der Waals surface area contributed by atoms with Gasteiger partial charge in [-0.05, 0) is 23.8 Å². The van der Waals surface area contributed by atoms with E-state index >= 15 is 0 Å². The SMILES string of the molecule is Cn1cnnc1C1CN(Cc2ccc3ncccc3c2)CCO1. The van der Waals surface area contributed by atoms with Gasteiger partial charge in [0.1, 0.15) is 12.4 Å². The molecule has 3 aromatic rings. The van der Waals surface area contributed by atoms with Gasteiger partial charge in [-0.2, -0.15) is 0 Å². The van der Waals surface area contributed by atoms with Crippen LogP contribution in [-0.4, -0.2) is 44.3 Å². The Labute approximate surface area is 134 Å². The molecule has 2 aromatic heterocycles. The van der Waals surface area contributed by atoms with Crippen LogP contribution in [0.5, 0.6) is 0 Å². The zero-order valence-corrected chi connectivity index (χ0v) is 13.1. The zero-order valence-electron chi connectivity index (χ0n) is 13.1. The van der Waals surface area contributed by atoms with Crippen molar-refractivity contribution in [3.05, 3.63) is 54.2 Å². The standard InChI is InChI=1S/C17H19N5O/c1-21-12-19-20-17(21)16-11-22(7-8-23-16)10-13-4-5-15-14(9-13)3-2-6-18-15/h2-6,9,12,16H,7-8,10-11H2,1H3. The maximum absolute atomic E-state index is 5.87. The van der Waals surface area contributed by atoms with E-state index < -0.39 is 0 Å². The fourth-order valence-electron chi connectivity index (χ4n) is 3.07. The molecule has 1 fully saturated rings. The summed E-state index contributed by atoms with van der Waals surface area (Å²) < 4.78 is 7.79. The fourth-order valence-corrected chi connectivity index (χ4v) is 3.07. The molecule has 4 rings (SSSR count). The quantitative estimate of drug-likeness (QED) is 0.740. The minimum atomic E-state index is -0.0154. The highest BCUT2D eigenvalue weighted by Gasteiger charge is 2.25. The van der Waals surface area contributed by atoms with E-state index in [1.807, 2.05) is 23.9 Å². The number of hydrogen-bond donors (Lipinski definition) is 0. The molecule has 1 saturated heterocycles.